The van der Waals surface area contributed by atoms with Crippen LogP contribution in [0.15, 0.2) is 30.3 Å². The van der Waals surface area contributed by atoms with Crippen molar-refractivity contribution in [1.82, 2.24) is 0 Å². The molecule has 0 heterocycles. The van der Waals surface area contributed by atoms with Crippen LogP contribution in [0.4, 0.5) is 8.78 Å². The minimum absolute atomic E-state index is 0.230. The third-order valence-corrected chi connectivity index (χ3v) is 3.46. The number of rotatable bonds is 3. The number of ether oxygens (including phenoxy) is 1. The van der Waals surface area contributed by atoms with Gasteiger partial charge in [-0.15, -0.1) is 0 Å². The standard InChI is InChI=1S/C15H14ClF2NO/c1-8-5-10(13(18)7-12(8)17)15(19)9-3-4-11(16)14(6-9)20-2/h3-7,15H,19H2,1-2H3. The van der Waals surface area contributed by atoms with Crippen LogP contribution in [0.3, 0.4) is 0 Å². The molecule has 0 saturated heterocycles. The summed E-state index contributed by atoms with van der Waals surface area (Å²) in [6.07, 6.45) is 0. The minimum atomic E-state index is -0.722. The summed E-state index contributed by atoms with van der Waals surface area (Å²) >= 11 is 5.93. The van der Waals surface area contributed by atoms with Gasteiger partial charge in [0.15, 0.2) is 0 Å². The van der Waals surface area contributed by atoms with E-state index in [0.717, 1.165) is 6.07 Å². The summed E-state index contributed by atoms with van der Waals surface area (Å²) in [5.74, 6) is -0.805. The van der Waals surface area contributed by atoms with Crippen LogP contribution < -0.4 is 10.5 Å². The number of methoxy groups -OCH3 is 1. The molecule has 2 rings (SSSR count). The van der Waals surface area contributed by atoms with Gasteiger partial charge in [0.05, 0.1) is 18.2 Å². The average molecular weight is 298 g/mol. The van der Waals surface area contributed by atoms with Crippen molar-refractivity contribution in [1.29, 1.82) is 0 Å². The Hall–Kier alpha value is -1.65. The Morgan fingerprint density at radius 3 is 2.50 bits per heavy atom. The van der Waals surface area contributed by atoms with Gasteiger partial charge in [-0.25, -0.2) is 8.78 Å². The molecule has 2 aromatic carbocycles. The third-order valence-electron chi connectivity index (χ3n) is 3.15. The van der Waals surface area contributed by atoms with E-state index in [0.29, 0.717) is 21.9 Å². The molecule has 1 atom stereocenters. The van der Waals surface area contributed by atoms with Crippen LogP contribution >= 0.6 is 11.6 Å². The van der Waals surface area contributed by atoms with E-state index in [-0.39, 0.29) is 5.56 Å². The van der Waals surface area contributed by atoms with Crippen molar-refractivity contribution in [2.45, 2.75) is 13.0 Å². The summed E-state index contributed by atoms with van der Waals surface area (Å²) in [6, 6.07) is 6.50. The van der Waals surface area contributed by atoms with Gasteiger partial charge >= 0.3 is 0 Å². The topological polar surface area (TPSA) is 35.2 Å². The maximum absolute atomic E-state index is 13.9. The maximum atomic E-state index is 13.9. The molecule has 0 amide bonds. The SMILES string of the molecule is COc1cc(C(N)c2cc(C)c(F)cc2F)ccc1Cl. The van der Waals surface area contributed by atoms with E-state index >= 15 is 0 Å². The molecule has 0 saturated carbocycles. The second kappa shape index (κ2) is 5.77. The second-order valence-electron chi connectivity index (χ2n) is 4.49. The first-order valence-electron chi connectivity index (χ1n) is 5.98. The van der Waals surface area contributed by atoms with Gasteiger partial charge < -0.3 is 10.5 Å². The average Bonchev–Trinajstić information content (AvgIpc) is 2.42. The normalized spacial score (nSPS) is 12.3. The summed E-state index contributed by atoms with van der Waals surface area (Å²) < 4.78 is 32.2. The molecule has 0 aliphatic carbocycles. The van der Waals surface area contributed by atoms with Crippen molar-refractivity contribution >= 4 is 11.6 Å². The zero-order valence-corrected chi connectivity index (χ0v) is 11.8. The summed E-state index contributed by atoms with van der Waals surface area (Å²) in [6.45, 7) is 1.56. The lowest BCUT2D eigenvalue weighted by Crippen LogP contribution is -2.14. The monoisotopic (exact) mass is 297 g/mol. The molecule has 0 aromatic heterocycles. The van der Waals surface area contributed by atoms with Crippen molar-refractivity contribution in [3.8, 4) is 5.75 Å². The van der Waals surface area contributed by atoms with Gasteiger partial charge in [-0.05, 0) is 36.2 Å². The lowest BCUT2D eigenvalue weighted by molar-refractivity contribution is 0.414. The van der Waals surface area contributed by atoms with Crippen LogP contribution in [-0.4, -0.2) is 7.11 Å². The van der Waals surface area contributed by atoms with Crippen LogP contribution in [0.5, 0.6) is 5.75 Å². The zero-order chi connectivity index (χ0) is 14.9. The van der Waals surface area contributed by atoms with Gasteiger partial charge in [0.1, 0.15) is 17.4 Å². The zero-order valence-electron chi connectivity index (χ0n) is 11.1. The fourth-order valence-electron chi connectivity index (χ4n) is 1.97. The molecule has 106 valence electrons. The molecule has 0 radical (unpaired) electrons. The predicted octanol–water partition coefficient (Wildman–Crippen LogP) is 3.98. The Balaban J connectivity index is 2.46. The number of aryl methyl sites for hydroxylation is 1. The van der Waals surface area contributed by atoms with Gasteiger partial charge in [-0.2, -0.15) is 0 Å². The summed E-state index contributed by atoms with van der Waals surface area (Å²) in [5, 5.41) is 0.444. The number of nitrogens with two attached hydrogens (primary N) is 1. The van der Waals surface area contributed by atoms with Gasteiger partial charge in [-0.1, -0.05) is 17.7 Å². The Morgan fingerprint density at radius 1 is 1.15 bits per heavy atom. The molecular formula is C15H14ClF2NO. The van der Waals surface area contributed by atoms with E-state index in [2.05, 4.69) is 0 Å². The van der Waals surface area contributed by atoms with Crippen molar-refractivity contribution in [3.05, 3.63) is 63.7 Å². The first-order chi connectivity index (χ1) is 9.43. The van der Waals surface area contributed by atoms with E-state index in [1.54, 1.807) is 25.1 Å². The Bertz CT molecular complexity index is 646. The molecule has 0 fully saturated rings. The highest BCUT2D eigenvalue weighted by Gasteiger charge is 2.17. The van der Waals surface area contributed by atoms with Crippen molar-refractivity contribution in [3.63, 3.8) is 0 Å². The first-order valence-corrected chi connectivity index (χ1v) is 6.36. The molecule has 20 heavy (non-hydrogen) atoms. The highest BCUT2D eigenvalue weighted by atomic mass is 35.5. The lowest BCUT2D eigenvalue weighted by atomic mass is 9.97. The van der Waals surface area contributed by atoms with Gasteiger partial charge in [0.25, 0.3) is 0 Å². The maximum Gasteiger partial charge on any atom is 0.137 e. The molecular weight excluding hydrogens is 284 g/mol. The van der Waals surface area contributed by atoms with E-state index in [9.17, 15) is 8.78 Å². The van der Waals surface area contributed by atoms with Crippen molar-refractivity contribution in [2.75, 3.05) is 7.11 Å². The first kappa shape index (κ1) is 14.8. The van der Waals surface area contributed by atoms with E-state index in [4.69, 9.17) is 22.1 Å². The second-order valence-corrected chi connectivity index (χ2v) is 4.90. The van der Waals surface area contributed by atoms with E-state index in [1.165, 1.54) is 13.2 Å². The third kappa shape index (κ3) is 2.76. The Kier molecular flexibility index (Phi) is 4.26. The molecule has 0 aliphatic heterocycles. The predicted molar refractivity (Wildman–Crippen MR) is 75.1 cm³/mol. The molecule has 0 spiro atoms. The Labute approximate surface area is 121 Å². The number of hydrogen-bond donors (Lipinski definition) is 1. The van der Waals surface area contributed by atoms with E-state index in [1.807, 2.05) is 0 Å². The quantitative estimate of drug-likeness (QED) is 0.930. The van der Waals surface area contributed by atoms with Crippen molar-refractivity contribution in [2.24, 2.45) is 5.73 Å². The highest BCUT2D eigenvalue weighted by molar-refractivity contribution is 6.32. The van der Waals surface area contributed by atoms with Crippen LogP contribution in [-0.2, 0) is 0 Å². The van der Waals surface area contributed by atoms with Gasteiger partial charge in [0.2, 0.25) is 0 Å². The van der Waals surface area contributed by atoms with E-state index < -0.39 is 17.7 Å². The van der Waals surface area contributed by atoms with Crippen LogP contribution in [0.1, 0.15) is 22.7 Å². The molecule has 2 nitrogen and oxygen atoms in total. The smallest absolute Gasteiger partial charge is 0.137 e. The highest BCUT2D eigenvalue weighted by Crippen LogP contribution is 2.30. The lowest BCUT2D eigenvalue weighted by Gasteiger charge is -2.16. The summed E-state index contributed by atoms with van der Waals surface area (Å²) in [4.78, 5) is 0. The number of hydrogen-bond acceptors (Lipinski definition) is 2. The molecule has 1 unspecified atom stereocenters. The molecule has 0 bridgehead atoms. The van der Waals surface area contributed by atoms with Crippen LogP contribution in [0, 0.1) is 18.6 Å². The van der Waals surface area contributed by atoms with Gasteiger partial charge in [-0.3, -0.25) is 0 Å². The minimum Gasteiger partial charge on any atom is -0.495 e. The molecule has 2 N–H and O–H groups in total. The molecule has 0 aliphatic rings. The van der Waals surface area contributed by atoms with Gasteiger partial charge in [0, 0.05) is 11.6 Å². The van der Waals surface area contributed by atoms with Crippen LogP contribution in [0.2, 0.25) is 5.02 Å². The summed E-state index contributed by atoms with van der Waals surface area (Å²) in [7, 11) is 1.49. The molecule has 5 heteroatoms. The van der Waals surface area contributed by atoms with Crippen molar-refractivity contribution < 1.29 is 13.5 Å². The fourth-order valence-corrected chi connectivity index (χ4v) is 2.16. The largest absolute Gasteiger partial charge is 0.495 e. The van der Waals surface area contributed by atoms with Crippen LogP contribution in [0.25, 0.3) is 0 Å². The number of halogens is 3. The molecule has 2 aromatic rings. The summed E-state index contributed by atoms with van der Waals surface area (Å²) in [5.41, 5.74) is 7.26. The fraction of sp³-hybridized carbons (Fsp3) is 0.200. The number of benzene rings is 2. The Morgan fingerprint density at radius 2 is 1.85 bits per heavy atom.